The van der Waals surface area contributed by atoms with Crippen LogP contribution in [0.4, 0.5) is 4.39 Å². The van der Waals surface area contributed by atoms with Gasteiger partial charge in [-0.15, -0.1) is 0 Å². The SMILES string of the molecule is Oc1cnn(CCCF)c1. The zero-order chi connectivity index (χ0) is 7.40. The lowest BCUT2D eigenvalue weighted by Crippen LogP contribution is -1.98. The second-order valence-corrected chi connectivity index (χ2v) is 2.00. The molecule has 1 N–H and O–H groups in total. The van der Waals surface area contributed by atoms with Gasteiger partial charge >= 0.3 is 0 Å². The van der Waals surface area contributed by atoms with Gasteiger partial charge in [0.1, 0.15) is 0 Å². The fraction of sp³-hybridized carbons (Fsp3) is 0.500. The Hall–Kier alpha value is -1.06. The Labute approximate surface area is 58.1 Å². The molecule has 0 saturated heterocycles. The summed E-state index contributed by atoms with van der Waals surface area (Å²) in [5.41, 5.74) is 0. The van der Waals surface area contributed by atoms with Gasteiger partial charge in [-0.05, 0) is 6.42 Å². The van der Waals surface area contributed by atoms with Gasteiger partial charge < -0.3 is 5.11 Å². The van der Waals surface area contributed by atoms with Crippen molar-refractivity contribution in [3.05, 3.63) is 12.4 Å². The Morgan fingerprint density at radius 2 is 2.50 bits per heavy atom. The first-order chi connectivity index (χ1) is 4.83. The molecular weight excluding hydrogens is 135 g/mol. The Bertz CT molecular complexity index is 199. The van der Waals surface area contributed by atoms with Crippen LogP contribution in [-0.4, -0.2) is 21.6 Å². The van der Waals surface area contributed by atoms with E-state index >= 15 is 0 Å². The highest BCUT2D eigenvalue weighted by Gasteiger charge is 1.93. The number of alkyl halides is 1. The van der Waals surface area contributed by atoms with Crippen molar-refractivity contribution in [3.63, 3.8) is 0 Å². The molecule has 4 heteroatoms. The second kappa shape index (κ2) is 3.20. The largest absolute Gasteiger partial charge is 0.505 e. The quantitative estimate of drug-likeness (QED) is 0.685. The Balaban J connectivity index is 2.42. The van der Waals surface area contributed by atoms with Crippen LogP contribution in [0.15, 0.2) is 12.4 Å². The van der Waals surface area contributed by atoms with Crippen LogP contribution in [0.2, 0.25) is 0 Å². The third-order valence-corrected chi connectivity index (χ3v) is 1.14. The molecule has 3 nitrogen and oxygen atoms in total. The highest BCUT2D eigenvalue weighted by Crippen LogP contribution is 2.04. The van der Waals surface area contributed by atoms with Crippen LogP contribution in [0.3, 0.4) is 0 Å². The molecule has 0 atom stereocenters. The van der Waals surface area contributed by atoms with Gasteiger partial charge in [-0.1, -0.05) is 0 Å². The lowest BCUT2D eigenvalue weighted by Gasteiger charge is -1.94. The van der Waals surface area contributed by atoms with E-state index in [1.807, 2.05) is 0 Å². The van der Waals surface area contributed by atoms with Gasteiger partial charge in [0.05, 0.1) is 19.1 Å². The summed E-state index contributed by atoms with van der Waals surface area (Å²) in [6.45, 7) is 0.178. The number of hydrogen-bond acceptors (Lipinski definition) is 2. The molecular formula is C6H9FN2O. The van der Waals surface area contributed by atoms with Gasteiger partial charge in [-0.3, -0.25) is 9.07 Å². The molecule has 0 bridgehead atoms. The van der Waals surface area contributed by atoms with Crippen LogP contribution in [0.1, 0.15) is 6.42 Å². The van der Waals surface area contributed by atoms with Crippen LogP contribution in [0.5, 0.6) is 5.75 Å². The van der Waals surface area contributed by atoms with Gasteiger partial charge in [0.25, 0.3) is 0 Å². The van der Waals surface area contributed by atoms with Gasteiger partial charge in [0.2, 0.25) is 0 Å². The number of halogens is 1. The predicted molar refractivity (Wildman–Crippen MR) is 34.5 cm³/mol. The second-order valence-electron chi connectivity index (χ2n) is 2.00. The molecule has 0 radical (unpaired) electrons. The van der Waals surface area contributed by atoms with Crippen LogP contribution in [-0.2, 0) is 6.54 Å². The summed E-state index contributed by atoms with van der Waals surface area (Å²) in [4.78, 5) is 0. The zero-order valence-electron chi connectivity index (χ0n) is 5.50. The fourth-order valence-corrected chi connectivity index (χ4v) is 0.697. The van der Waals surface area contributed by atoms with E-state index in [1.165, 1.54) is 17.1 Å². The normalized spacial score (nSPS) is 10.1. The molecule has 0 unspecified atom stereocenters. The minimum Gasteiger partial charge on any atom is -0.505 e. The minimum atomic E-state index is -0.347. The first-order valence-electron chi connectivity index (χ1n) is 3.10. The summed E-state index contributed by atoms with van der Waals surface area (Å²) in [6.07, 6.45) is 3.25. The first kappa shape index (κ1) is 7.05. The Morgan fingerprint density at radius 1 is 1.70 bits per heavy atom. The molecule has 10 heavy (non-hydrogen) atoms. The topological polar surface area (TPSA) is 38.1 Å². The summed E-state index contributed by atoms with van der Waals surface area (Å²) < 4.78 is 13.1. The smallest absolute Gasteiger partial charge is 0.153 e. The van der Waals surface area contributed by atoms with Crippen molar-refractivity contribution in [3.8, 4) is 5.75 Å². The molecule has 0 aliphatic heterocycles. The summed E-state index contributed by atoms with van der Waals surface area (Å²) in [7, 11) is 0. The predicted octanol–water partition coefficient (Wildman–Crippen LogP) is 0.948. The van der Waals surface area contributed by atoms with Crippen molar-refractivity contribution in [1.82, 2.24) is 9.78 Å². The molecule has 0 spiro atoms. The van der Waals surface area contributed by atoms with E-state index in [0.717, 1.165) is 0 Å². The molecule has 0 aliphatic rings. The van der Waals surface area contributed by atoms with Gasteiger partial charge in [0.15, 0.2) is 5.75 Å². The molecule has 1 heterocycles. The molecule has 56 valence electrons. The van der Waals surface area contributed by atoms with Crippen molar-refractivity contribution in [1.29, 1.82) is 0 Å². The lowest BCUT2D eigenvalue weighted by molar-refractivity contribution is 0.432. The molecule has 0 fully saturated rings. The van der Waals surface area contributed by atoms with Gasteiger partial charge in [-0.2, -0.15) is 5.10 Å². The molecule has 0 aliphatic carbocycles. The van der Waals surface area contributed by atoms with Crippen molar-refractivity contribution in [2.45, 2.75) is 13.0 Å². The minimum absolute atomic E-state index is 0.124. The molecule has 1 aromatic heterocycles. The highest BCUT2D eigenvalue weighted by molar-refractivity contribution is 5.08. The molecule has 1 aromatic rings. The summed E-state index contributed by atoms with van der Waals surface area (Å²) in [5.74, 6) is 0.124. The maximum absolute atomic E-state index is 11.6. The average Bonchev–Trinajstić information content (AvgIpc) is 2.31. The number of aromatic nitrogens is 2. The first-order valence-corrected chi connectivity index (χ1v) is 3.10. The summed E-state index contributed by atoms with van der Waals surface area (Å²) >= 11 is 0. The Kier molecular flexibility index (Phi) is 2.25. The van der Waals surface area contributed by atoms with Gasteiger partial charge in [-0.25, -0.2) is 0 Å². The number of nitrogens with zero attached hydrogens (tertiary/aromatic N) is 2. The summed E-state index contributed by atoms with van der Waals surface area (Å²) in [5, 5.41) is 12.5. The third kappa shape index (κ3) is 1.72. The lowest BCUT2D eigenvalue weighted by atomic mass is 10.5. The van der Waals surface area contributed by atoms with E-state index < -0.39 is 0 Å². The standard InChI is InChI=1S/C6H9FN2O/c7-2-1-3-9-5-6(10)4-8-9/h4-5,10H,1-3H2. The molecule has 1 rings (SSSR count). The molecule has 0 saturated carbocycles. The third-order valence-electron chi connectivity index (χ3n) is 1.14. The Morgan fingerprint density at radius 3 is 3.00 bits per heavy atom. The van der Waals surface area contributed by atoms with E-state index in [-0.39, 0.29) is 12.4 Å². The van der Waals surface area contributed by atoms with Crippen molar-refractivity contribution < 1.29 is 9.50 Å². The maximum Gasteiger partial charge on any atom is 0.153 e. The molecule has 0 aromatic carbocycles. The van der Waals surface area contributed by atoms with Crippen LogP contribution >= 0.6 is 0 Å². The monoisotopic (exact) mass is 144 g/mol. The van der Waals surface area contributed by atoms with Crippen LogP contribution < -0.4 is 0 Å². The van der Waals surface area contributed by atoms with Crippen molar-refractivity contribution in [2.24, 2.45) is 0 Å². The zero-order valence-corrected chi connectivity index (χ0v) is 5.50. The summed E-state index contributed by atoms with van der Waals surface area (Å²) in [6, 6.07) is 0. The van der Waals surface area contributed by atoms with E-state index in [9.17, 15) is 4.39 Å². The van der Waals surface area contributed by atoms with E-state index in [2.05, 4.69) is 5.10 Å². The average molecular weight is 144 g/mol. The van der Waals surface area contributed by atoms with Crippen molar-refractivity contribution >= 4 is 0 Å². The van der Waals surface area contributed by atoms with Gasteiger partial charge in [0, 0.05) is 6.54 Å². The number of rotatable bonds is 3. The maximum atomic E-state index is 11.6. The van der Waals surface area contributed by atoms with Crippen molar-refractivity contribution in [2.75, 3.05) is 6.67 Å². The van der Waals surface area contributed by atoms with E-state index in [4.69, 9.17) is 5.11 Å². The number of aromatic hydroxyl groups is 1. The van der Waals surface area contributed by atoms with E-state index in [1.54, 1.807) is 0 Å². The van der Waals surface area contributed by atoms with Crippen LogP contribution in [0.25, 0.3) is 0 Å². The number of hydrogen-bond donors (Lipinski definition) is 1. The fourth-order valence-electron chi connectivity index (χ4n) is 0.697. The van der Waals surface area contributed by atoms with E-state index in [0.29, 0.717) is 13.0 Å². The molecule has 0 amide bonds. The number of aryl methyl sites for hydroxylation is 1. The highest BCUT2D eigenvalue weighted by atomic mass is 19.1. The van der Waals surface area contributed by atoms with Crippen LogP contribution in [0, 0.1) is 0 Å².